The van der Waals surface area contributed by atoms with Gasteiger partial charge in [-0.2, -0.15) is 0 Å². The van der Waals surface area contributed by atoms with Crippen molar-refractivity contribution in [2.75, 3.05) is 23.8 Å². The maximum atomic E-state index is 12.4. The van der Waals surface area contributed by atoms with Crippen LogP contribution in [-0.4, -0.2) is 31.0 Å². The third kappa shape index (κ3) is 4.96. The fraction of sp³-hybridized carbons (Fsp3) is 0.227. The summed E-state index contributed by atoms with van der Waals surface area (Å²) >= 11 is 0. The van der Waals surface area contributed by atoms with E-state index in [1.54, 1.807) is 49.4 Å². The summed E-state index contributed by atoms with van der Waals surface area (Å²) < 4.78 is 16.2. The molecular weight excluding hydrogens is 388 g/mol. The normalized spacial score (nSPS) is 10.5. The lowest BCUT2D eigenvalue weighted by atomic mass is 10.1. The predicted molar refractivity (Wildman–Crippen MR) is 112 cm³/mol. The Labute approximate surface area is 173 Å². The van der Waals surface area contributed by atoms with Crippen LogP contribution in [0, 0.1) is 6.92 Å². The number of carbonyl (C=O) groups excluding carboxylic acids is 3. The molecule has 0 saturated heterocycles. The van der Waals surface area contributed by atoms with Crippen molar-refractivity contribution >= 4 is 40.1 Å². The topological polar surface area (TPSA) is 107 Å². The Balaban J connectivity index is 1.63. The molecule has 1 aromatic heterocycles. The van der Waals surface area contributed by atoms with Gasteiger partial charge in [0, 0.05) is 29.2 Å². The SMILES string of the molecule is CCOc1ccc2oc(C(=O)OCC(=O)Nc3cccc(NC(C)=O)c3)c(C)c2c1. The molecule has 8 nitrogen and oxygen atoms in total. The van der Waals surface area contributed by atoms with Gasteiger partial charge in [-0.15, -0.1) is 0 Å². The summed E-state index contributed by atoms with van der Waals surface area (Å²) in [6.07, 6.45) is 0. The van der Waals surface area contributed by atoms with E-state index in [-0.39, 0.29) is 11.7 Å². The molecule has 156 valence electrons. The van der Waals surface area contributed by atoms with E-state index in [1.165, 1.54) is 6.92 Å². The van der Waals surface area contributed by atoms with Crippen LogP contribution in [-0.2, 0) is 14.3 Å². The minimum atomic E-state index is -0.733. The van der Waals surface area contributed by atoms with Crippen molar-refractivity contribution in [2.24, 2.45) is 0 Å². The first-order chi connectivity index (χ1) is 14.4. The number of furan rings is 1. The Hall–Kier alpha value is -3.81. The zero-order valence-corrected chi connectivity index (χ0v) is 16.9. The van der Waals surface area contributed by atoms with Gasteiger partial charge < -0.3 is 24.5 Å². The highest BCUT2D eigenvalue weighted by atomic mass is 16.5. The van der Waals surface area contributed by atoms with Gasteiger partial charge in [0.25, 0.3) is 5.91 Å². The second kappa shape index (κ2) is 9.13. The largest absolute Gasteiger partial charge is 0.494 e. The van der Waals surface area contributed by atoms with Gasteiger partial charge in [0.2, 0.25) is 11.7 Å². The number of ether oxygens (including phenoxy) is 2. The first-order valence-corrected chi connectivity index (χ1v) is 9.38. The van der Waals surface area contributed by atoms with Crippen molar-refractivity contribution in [3.8, 4) is 5.75 Å². The smallest absolute Gasteiger partial charge is 0.375 e. The number of hydrogen-bond donors (Lipinski definition) is 2. The summed E-state index contributed by atoms with van der Waals surface area (Å²) in [5.41, 5.74) is 2.15. The zero-order valence-electron chi connectivity index (χ0n) is 16.9. The number of fused-ring (bicyclic) bond motifs is 1. The van der Waals surface area contributed by atoms with E-state index in [2.05, 4.69) is 10.6 Å². The van der Waals surface area contributed by atoms with Gasteiger partial charge in [-0.05, 0) is 50.2 Å². The Kier molecular flexibility index (Phi) is 6.36. The molecule has 30 heavy (non-hydrogen) atoms. The highest BCUT2D eigenvalue weighted by Crippen LogP contribution is 2.29. The molecule has 0 aliphatic heterocycles. The van der Waals surface area contributed by atoms with Crippen LogP contribution in [0.2, 0.25) is 0 Å². The third-order valence-corrected chi connectivity index (χ3v) is 4.21. The molecule has 0 bridgehead atoms. The number of amides is 2. The monoisotopic (exact) mass is 410 g/mol. The summed E-state index contributed by atoms with van der Waals surface area (Å²) in [7, 11) is 0. The van der Waals surface area contributed by atoms with Gasteiger partial charge in [0.05, 0.1) is 6.61 Å². The van der Waals surface area contributed by atoms with Crippen LogP contribution in [0.4, 0.5) is 11.4 Å². The fourth-order valence-electron chi connectivity index (χ4n) is 2.92. The Morgan fingerprint density at radius 3 is 2.47 bits per heavy atom. The summed E-state index contributed by atoms with van der Waals surface area (Å²) in [6, 6.07) is 11.9. The van der Waals surface area contributed by atoms with Gasteiger partial charge in [-0.3, -0.25) is 9.59 Å². The van der Waals surface area contributed by atoms with Crippen molar-refractivity contribution in [2.45, 2.75) is 20.8 Å². The third-order valence-electron chi connectivity index (χ3n) is 4.21. The molecule has 0 atom stereocenters. The van der Waals surface area contributed by atoms with E-state index in [0.29, 0.717) is 34.9 Å². The molecule has 1 heterocycles. The molecule has 0 radical (unpaired) electrons. The molecule has 0 fully saturated rings. The molecule has 8 heteroatoms. The number of hydrogen-bond acceptors (Lipinski definition) is 6. The molecule has 0 unspecified atom stereocenters. The number of aryl methyl sites for hydroxylation is 1. The Bertz CT molecular complexity index is 1100. The maximum Gasteiger partial charge on any atom is 0.375 e. The first-order valence-electron chi connectivity index (χ1n) is 9.38. The number of anilines is 2. The van der Waals surface area contributed by atoms with Crippen LogP contribution >= 0.6 is 0 Å². The number of carbonyl (C=O) groups is 3. The minimum Gasteiger partial charge on any atom is -0.494 e. The molecule has 0 spiro atoms. The summed E-state index contributed by atoms with van der Waals surface area (Å²) in [4.78, 5) is 35.7. The summed E-state index contributed by atoms with van der Waals surface area (Å²) in [6.45, 7) is 5.06. The van der Waals surface area contributed by atoms with Crippen LogP contribution in [0.5, 0.6) is 5.75 Å². The molecule has 2 amide bonds. The van der Waals surface area contributed by atoms with Crippen LogP contribution < -0.4 is 15.4 Å². The van der Waals surface area contributed by atoms with Crippen LogP contribution in [0.1, 0.15) is 30.0 Å². The van der Waals surface area contributed by atoms with Crippen molar-refractivity contribution in [3.63, 3.8) is 0 Å². The lowest BCUT2D eigenvalue weighted by Crippen LogP contribution is -2.21. The number of rotatable bonds is 7. The second-order valence-electron chi connectivity index (χ2n) is 6.53. The number of benzene rings is 2. The van der Waals surface area contributed by atoms with E-state index in [1.807, 2.05) is 6.92 Å². The average molecular weight is 410 g/mol. The van der Waals surface area contributed by atoms with E-state index in [0.717, 1.165) is 5.39 Å². The Morgan fingerprint density at radius 2 is 1.77 bits per heavy atom. The number of esters is 1. The standard InChI is InChI=1S/C22H22N2O6/c1-4-28-17-8-9-19-18(11-17)13(2)21(30-19)22(27)29-12-20(26)24-16-7-5-6-15(10-16)23-14(3)25/h5-11H,4,12H2,1-3H3,(H,23,25)(H,24,26). The van der Waals surface area contributed by atoms with Crippen molar-refractivity contribution < 1.29 is 28.3 Å². The second-order valence-corrected chi connectivity index (χ2v) is 6.53. The molecule has 3 rings (SSSR count). The summed E-state index contributed by atoms with van der Waals surface area (Å²) in [5.74, 6) is -0.754. The fourth-order valence-corrected chi connectivity index (χ4v) is 2.92. The lowest BCUT2D eigenvalue weighted by molar-refractivity contribution is -0.119. The first kappa shape index (κ1) is 20.9. The Morgan fingerprint density at radius 1 is 1.03 bits per heavy atom. The van der Waals surface area contributed by atoms with E-state index < -0.39 is 18.5 Å². The van der Waals surface area contributed by atoms with Crippen molar-refractivity contribution in [3.05, 3.63) is 53.8 Å². The van der Waals surface area contributed by atoms with E-state index in [4.69, 9.17) is 13.9 Å². The molecule has 0 saturated carbocycles. The summed E-state index contributed by atoms with van der Waals surface area (Å²) in [5, 5.41) is 5.98. The minimum absolute atomic E-state index is 0.0408. The molecule has 2 N–H and O–H groups in total. The van der Waals surface area contributed by atoms with Gasteiger partial charge in [0.15, 0.2) is 6.61 Å². The molecule has 3 aromatic rings. The highest BCUT2D eigenvalue weighted by Gasteiger charge is 2.20. The molecule has 0 aliphatic carbocycles. The van der Waals surface area contributed by atoms with Gasteiger partial charge in [0.1, 0.15) is 11.3 Å². The maximum absolute atomic E-state index is 12.4. The van der Waals surface area contributed by atoms with Crippen LogP contribution in [0.3, 0.4) is 0 Å². The van der Waals surface area contributed by atoms with Crippen LogP contribution in [0.15, 0.2) is 46.9 Å². The van der Waals surface area contributed by atoms with E-state index in [9.17, 15) is 14.4 Å². The van der Waals surface area contributed by atoms with E-state index >= 15 is 0 Å². The van der Waals surface area contributed by atoms with Gasteiger partial charge in [-0.1, -0.05) is 6.07 Å². The molecule has 0 aliphatic rings. The highest BCUT2D eigenvalue weighted by molar-refractivity contribution is 5.99. The number of nitrogens with one attached hydrogen (secondary N) is 2. The van der Waals surface area contributed by atoms with Crippen molar-refractivity contribution in [1.29, 1.82) is 0 Å². The lowest BCUT2D eigenvalue weighted by Gasteiger charge is -2.08. The molecule has 2 aromatic carbocycles. The zero-order chi connectivity index (χ0) is 21.7. The van der Waals surface area contributed by atoms with Gasteiger partial charge >= 0.3 is 5.97 Å². The quantitative estimate of drug-likeness (QED) is 0.572. The predicted octanol–water partition coefficient (Wildman–Crippen LogP) is 3.89. The van der Waals surface area contributed by atoms with Gasteiger partial charge in [-0.25, -0.2) is 4.79 Å². The van der Waals surface area contributed by atoms with Crippen molar-refractivity contribution in [1.82, 2.24) is 0 Å². The van der Waals surface area contributed by atoms with Crippen LogP contribution in [0.25, 0.3) is 11.0 Å². The average Bonchev–Trinajstić information content (AvgIpc) is 3.02. The molecular formula is C22H22N2O6.